The molecule has 0 fully saturated rings. The van der Waals surface area contributed by atoms with Crippen LogP contribution in [0, 0.1) is 0 Å². The molecule has 0 aliphatic heterocycles. The van der Waals surface area contributed by atoms with E-state index in [1.54, 1.807) is 19.2 Å². The van der Waals surface area contributed by atoms with Crippen LogP contribution in [-0.2, 0) is 6.42 Å². The summed E-state index contributed by atoms with van der Waals surface area (Å²) in [7, 11) is 1.66. The first kappa shape index (κ1) is 17.7. The number of hydrogen-bond donors (Lipinski definition) is 2. The highest BCUT2D eigenvalue weighted by Gasteiger charge is 2.00. The Balaban J connectivity index is 0.000000255. The summed E-state index contributed by atoms with van der Waals surface area (Å²) in [5, 5.41) is 11.9. The van der Waals surface area contributed by atoms with Gasteiger partial charge in [0.1, 0.15) is 5.75 Å². The number of ether oxygens (including phenoxy) is 1. The number of carboxylic acid groups (broad SMARTS) is 1. The predicted octanol–water partition coefficient (Wildman–Crippen LogP) is 3.23. The summed E-state index contributed by atoms with van der Waals surface area (Å²) in [6.45, 7) is 3.96. The Bertz CT molecular complexity index is 538. The number of aromatic carboxylic acids is 1. The highest BCUT2D eigenvalue weighted by Crippen LogP contribution is 2.05. The molecule has 0 aliphatic rings. The van der Waals surface area contributed by atoms with Gasteiger partial charge in [-0.2, -0.15) is 0 Å². The van der Waals surface area contributed by atoms with Crippen LogP contribution in [0.25, 0.3) is 0 Å². The lowest BCUT2D eigenvalue weighted by Gasteiger charge is -2.02. The average molecular weight is 301 g/mol. The van der Waals surface area contributed by atoms with Crippen LogP contribution < -0.4 is 10.1 Å². The third kappa shape index (κ3) is 6.90. The van der Waals surface area contributed by atoms with Crippen molar-refractivity contribution in [2.75, 3.05) is 20.2 Å². The van der Waals surface area contributed by atoms with Gasteiger partial charge in [-0.25, -0.2) is 4.79 Å². The van der Waals surface area contributed by atoms with Crippen molar-refractivity contribution in [3.63, 3.8) is 0 Å². The summed E-state index contributed by atoms with van der Waals surface area (Å²) < 4.78 is 4.91. The molecule has 0 amide bonds. The van der Waals surface area contributed by atoms with Crippen LogP contribution in [0.15, 0.2) is 54.6 Å². The van der Waals surface area contributed by atoms with Gasteiger partial charge >= 0.3 is 5.97 Å². The van der Waals surface area contributed by atoms with E-state index in [1.165, 1.54) is 0 Å². The van der Waals surface area contributed by atoms with E-state index in [9.17, 15) is 4.79 Å². The maximum atomic E-state index is 10.6. The monoisotopic (exact) mass is 301 g/mol. The first-order valence-electron chi connectivity index (χ1n) is 7.29. The molecule has 0 saturated carbocycles. The van der Waals surface area contributed by atoms with Crippen LogP contribution >= 0.6 is 0 Å². The molecule has 2 aromatic carbocycles. The van der Waals surface area contributed by atoms with Gasteiger partial charge in [0.2, 0.25) is 0 Å². The molecule has 0 atom stereocenters. The molecular formula is C18H23NO3. The van der Waals surface area contributed by atoms with Gasteiger partial charge in [0.15, 0.2) is 0 Å². The fraction of sp³-hybridized carbons (Fsp3) is 0.278. The topological polar surface area (TPSA) is 58.6 Å². The summed E-state index contributed by atoms with van der Waals surface area (Å²) in [6.07, 6.45) is 0.938. The van der Waals surface area contributed by atoms with Crippen LogP contribution in [0.2, 0.25) is 0 Å². The highest BCUT2D eigenvalue weighted by atomic mass is 16.5. The zero-order valence-electron chi connectivity index (χ0n) is 13.1. The Morgan fingerprint density at radius 3 is 2.18 bits per heavy atom. The second-order valence-electron chi connectivity index (χ2n) is 4.62. The van der Waals surface area contributed by atoms with Crippen molar-refractivity contribution in [2.24, 2.45) is 0 Å². The first-order valence-corrected chi connectivity index (χ1v) is 7.29. The molecule has 4 heteroatoms. The smallest absolute Gasteiger partial charge is 0.335 e. The second-order valence-corrected chi connectivity index (χ2v) is 4.62. The molecule has 2 rings (SSSR count). The lowest BCUT2D eigenvalue weighted by molar-refractivity contribution is 0.0697. The number of likely N-dealkylation sites (N-methyl/N-ethyl adjacent to an activating group) is 1. The van der Waals surface area contributed by atoms with E-state index in [4.69, 9.17) is 9.84 Å². The van der Waals surface area contributed by atoms with Crippen molar-refractivity contribution in [3.8, 4) is 5.75 Å². The molecule has 0 aromatic heterocycles. The lowest BCUT2D eigenvalue weighted by Crippen LogP contribution is -2.16. The molecule has 0 heterocycles. The molecule has 4 nitrogen and oxygen atoms in total. The summed E-state index contributed by atoms with van der Waals surface area (Å²) >= 11 is 0. The van der Waals surface area contributed by atoms with E-state index >= 15 is 0 Å². The third-order valence-corrected chi connectivity index (χ3v) is 3.02. The van der Waals surface area contributed by atoms with Gasteiger partial charge < -0.3 is 15.2 Å². The minimum Gasteiger partial charge on any atom is -0.497 e. The Morgan fingerprint density at radius 1 is 1.09 bits per heavy atom. The molecular weight excluding hydrogens is 278 g/mol. The van der Waals surface area contributed by atoms with E-state index in [2.05, 4.69) is 12.2 Å². The van der Waals surface area contributed by atoms with Crippen LogP contribution in [0.3, 0.4) is 0 Å². The van der Waals surface area contributed by atoms with Gasteiger partial charge in [-0.05, 0) is 49.3 Å². The second kappa shape index (κ2) is 10.4. The van der Waals surface area contributed by atoms with Crippen molar-refractivity contribution in [1.82, 2.24) is 5.32 Å². The largest absolute Gasteiger partial charge is 0.497 e. The summed E-state index contributed by atoms with van der Waals surface area (Å²) in [4.78, 5) is 10.6. The molecule has 2 aromatic rings. The Kier molecular flexibility index (Phi) is 8.38. The minimum absolute atomic E-state index is 0.345. The molecule has 118 valence electrons. The van der Waals surface area contributed by atoms with Crippen LogP contribution in [-0.4, -0.2) is 31.3 Å². The van der Waals surface area contributed by atoms with Crippen molar-refractivity contribution < 1.29 is 14.6 Å². The SMILES string of the molecule is CCNCCc1ccc(C(=O)O)cc1.COc1ccccc1. The molecule has 0 bridgehead atoms. The molecule has 0 spiro atoms. The number of para-hydroxylation sites is 1. The number of methoxy groups -OCH3 is 1. The number of carbonyl (C=O) groups is 1. The number of benzene rings is 2. The van der Waals surface area contributed by atoms with Crippen LogP contribution in [0.5, 0.6) is 5.75 Å². The number of carboxylic acids is 1. The van der Waals surface area contributed by atoms with Crippen molar-refractivity contribution in [3.05, 3.63) is 65.7 Å². The Morgan fingerprint density at radius 2 is 1.73 bits per heavy atom. The number of nitrogens with one attached hydrogen (secondary N) is 1. The van der Waals surface area contributed by atoms with Crippen molar-refractivity contribution in [2.45, 2.75) is 13.3 Å². The first-order chi connectivity index (χ1) is 10.7. The van der Waals surface area contributed by atoms with Gasteiger partial charge in [0, 0.05) is 0 Å². The number of rotatable bonds is 6. The lowest BCUT2D eigenvalue weighted by atomic mass is 10.1. The summed E-state index contributed by atoms with van der Waals surface area (Å²) in [5.41, 5.74) is 1.51. The number of hydrogen-bond acceptors (Lipinski definition) is 3. The van der Waals surface area contributed by atoms with E-state index in [0.29, 0.717) is 5.56 Å². The van der Waals surface area contributed by atoms with Gasteiger partial charge in [-0.15, -0.1) is 0 Å². The molecule has 0 saturated heterocycles. The van der Waals surface area contributed by atoms with E-state index in [0.717, 1.165) is 30.8 Å². The Hall–Kier alpha value is -2.33. The highest BCUT2D eigenvalue weighted by molar-refractivity contribution is 5.87. The quantitative estimate of drug-likeness (QED) is 0.804. The maximum Gasteiger partial charge on any atom is 0.335 e. The molecule has 2 N–H and O–H groups in total. The average Bonchev–Trinajstić information content (AvgIpc) is 2.57. The maximum absolute atomic E-state index is 10.6. The fourth-order valence-corrected chi connectivity index (χ4v) is 1.78. The van der Waals surface area contributed by atoms with Gasteiger partial charge in [-0.1, -0.05) is 37.3 Å². The fourth-order valence-electron chi connectivity index (χ4n) is 1.78. The molecule has 0 aliphatic carbocycles. The van der Waals surface area contributed by atoms with Crippen molar-refractivity contribution in [1.29, 1.82) is 0 Å². The van der Waals surface area contributed by atoms with Gasteiger partial charge in [0.05, 0.1) is 12.7 Å². The molecule has 0 unspecified atom stereocenters. The van der Waals surface area contributed by atoms with Crippen LogP contribution in [0.4, 0.5) is 0 Å². The zero-order valence-corrected chi connectivity index (χ0v) is 13.1. The van der Waals surface area contributed by atoms with Crippen molar-refractivity contribution >= 4 is 5.97 Å². The minimum atomic E-state index is -0.872. The normalized spacial score (nSPS) is 9.55. The van der Waals surface area contributed by atoms with E-state index < -0.39 is 5.97 Å². The van der Waals surface area contributed by atoms with Gasteiger partial charge in [0.25, 0.3) is 0 Å². The standard InChI is InChI=1S/C11H15NO2.C7H8O/c1-2-12-8-7-9-3-5-10(6-4-9)11(13)14;1-8-7-5-3-2-4-6-7/h3-6,12H,2,7-8H2,1H3,(H,13,14);2-6H,1H3. The Labute approximate surface area is 131 Å². The van der Waals surface area contributed by atoms with E-state index in [-0.39, 0.29) is 0 Å². The molecule has 22 heavy (non-hydrogen) atoms. The van der Waals surface area contributed by atoms with E-state index in [1.807, 2.05) is 42.5 Å². The zero-order chi connectivity index (χ0) is 16.2. The summed E-state index contributed by atoms with van der Waals surface area (Å²) in [6, 6.07) is 16.7. The van der Waals surface area contributed by atoms with Crippen LogP contribution in [0.1, 0.15) is 22.8 Å². The summed E-state index contributed by atoms with van der Waals surface area (Å²) in [5.74, 6) is 0.0377. The molecule has 0 radical (unpaired) electrons. The third-order valence-electron chi connectivity index (χ3n) is 3.02. The van der Waals surface area contributed by atoms with Gasteiger partial charge in [-0.3, -0.25) is 0 Å². The predicted molar refractivity (Wildman–Crippen MR) is 88.6 cm³/mol.